The molecule has 1 N–H and O–H groups in total. The summed E-state index contributed by atoms with van der Waals surface area (Å²) in [6.45, 7) is 0.126. The molecule has 0 aliphatic heterocycles. The van der Waals surface area contributed by atoms with E-state index in [0.717, 1.165) is 16.2 Å². The van der Waals surface area contributed by atoms with E-state index in [-0.39, 0.29) is 17.3 Å². The number of nitrogens with zero attached hydrogens (tertiary/aromatic N) is 1. The number of aromatic nitrogens is 1. The average Bonchev–Trinajstić information content (AvgIpc) is 3.21. The van der Waals surface area contributed by atoms with Gasteiger partial charge in [0.2, 0.25) is 9.84 Å². The van der Waals surface area contributed by atoms with Gasteiger partial charge in [0.1, 0.15) is 5.82 Å². The van der Waals surface area contributed by atoms with Crippen LogP contribution in [-0.4, -0.2) is 19.3 Å². The van der Waals surface area contributed by atoms with Crippen molar-refractivity contribution in [3.8, 4) is 0 Å². The molecule has 0 spiro atoms. The van der Waals surface area contributed by atoms with Crippen LogP contribution in [-0.2, 0) is 22.6 Å². The second kappa shape index (κ2) is 8.56. The molecule has 2 aromatic carbocycles. The molecular weight excluding hydrogens is 480 g/mol. The van der Waals surface area contributed by atoms with Crippen LogP contribution in [0.1, 0.15) is 20.8 Å². The molecule has 170 valence electrons. The molecule has 0 unspecified atom stereocenters. The van der Waals surface area contributed by atoms with Gasteiger partial charge in [-0.25, -0.2) is 12.8 Å². The van der Waals surface area contributed by atoms with Crippen molar-refractivity contribution in [2.75, 3.05) is 0 Å². The monoisotopic (exact) mass is 494 g/mol. The van der Waals surface area contributed by atoms with Gasteiger partial charge < -0.3 is 5.32 Å². The topological polar surface area (TPSA) is 76.1 Å². The summed E-state index contributed by atoms with van der Waals surface area (Å²) in [5, 5.41) is 3.64. The van der Waals surface area contributed by atoms with Crippen LogP contribution >= 0.6 is 11.3 Å². The van der Waals surface area contributed by atoms with Crippen molar-refractivity contribution in [2.45, 2.75) is 22.5 Å². The predicted molar refractivity (Wildman–Crippen MR) is 114 cm³/mol. The van der Waals surface area contributed by atoms with Crippen molar-refractivity contribution in [3.05, 3.63) is 88.8 Å². The van der Waals surface area contributed by atoms with E-state index in [4.69, 9.17) is 0 Å². The quantitative estimate of drug-likeness (QED) is 0.386. The number of amides is 1. The zero-order valence-electron chi connectivity index (χ0n) is 16.6. The van der Waals surface area contributed by atoms with Crippen molar-refractivity contribution in [1.82, 2.24) is 10.3 Å². The molecule has 0 fully saturated rings. The summed E-state index contributed by atoms with van der Waals surface area (Å²) in [5.41, 5.74) is -0.939. The van der Waals surface area contributed by atoms with Gasteiger partial charge in [-0.05, 0) is 53.4 Å². The Labute approximate surface area is 189 Å². The van der Waals surface area contributed by atoms with Crippen molar-refractivity contribution in [2.24, 2.45) is 0 Å². The van der Waals surface area contributed by atoms with Gasteiger partial charge in [-0.3, -0.25) is 9.78 Å². The molecule has 0 saturated carbocycles. The Kier molecular flexibility index (Phi) is 5.93. The number of halogens is 4. The largest absolute Gasteiger partial charge is 0.419 e. The minimum absolute atomic E-state index is 0.126. The first-order chi connectivity index (χ1) is 15.6. The fourth-order valence-electron chi connectivity index (χ4n) is 3.08. The first-order valence-electron chi connectivity index (χ1n) is 9.38. The molecule has 11 heteroatoms. The molecule has 5 nitrogen and oxygen atoms in total. The van der Waals surface area contributed by atoms with Crippen LogP contribution < -0.4 is 5.32 Å². The second-order valence-electron chi connectivity index (χ2n) is 6.99. The Hall–Kier alpha value is -3.31. The van der Waals surface area contributed by atoms with Gasteiger partial charge >= 0.3 is 6.18 Å². The van der Waals surface area contributed by atoms with Crippen LogP contribution in [0.4, 0.5) is 17.6 Å². The number of thiophene rings is 1. The van der Waals surface area contributed by atoms with Crippen LogP contribution in [0.15, 0.2) is 76.8 Å². The molecule has 0 bridgehead atoms. The van der Waals surface area contributed by atoms with Gasteiger partial charge in [-0.2, -0.15) is 13.2 Å². The molecule has 1 amide bonds. The second-order valence-corrected chi connectivity index (χ2v) is 10.0. The first kappa shape index (κ1) is 22.9. The highest BCUT2D eigenvalue weighted by atomic mass is 32.2. The molecule has 4 aromatic rings. The van der Waals surface area contributed by atoms with Crippen molar-refractivity contribution >= 4 is 37.2 Å². The zero-order chi connectivity index (χ0) is 23.8. The standard InChI is InChI=1S/C22H14F4N2O3S2/c23-18-10-16(5-6-17(18)22(24,25)26)33(30,31)15-3-1-13(2-4-15)11-28-21(29)19-9-14-7-8-27-12-20(14)32-19/h1-10,12H,11H2,(H,28,29). The number of sulfone groups is 1. The number of pyridine rings is 1. The molecule has 0 radical (unpaired) electrons. The third-order valence-electron chi connectivity index (χ3n) is 4.79. The lowest BCUT2D eigenvalue weighted by Gasteiger charge is -2.10. The van der Waals surface area contributed by atoms with Crippen LogP contribution in [0, 0.1) is 5.82 Å². The minimum Gasteiger partial charge on any atom is -0.347 e. The third kappa shape index (κ3) is 4.74. The van der Waals surface area contributed by atoms with Crippen molar-refractivity contribution < 1.29 is 30.8 Å². The number of hydrogen-bond donors (Lipinski definition) is 1. The highest BCUT2D eigenvalue weighted by Crippen LogP contribution is 2.33. The summed E-state index contributed by atoms with van der Waals surface area (Å²) in [5.74, 6) is -1.96. The van der Waals surface area contributed by atoms with E-state index in [9.17, 15) is 30.8 Å². The van der Waals surface area contributed by atoms with Crippen LogP contribution in [0.2, 0.25) is 0 Å². The van der Waals surface area contributed by atoms with Gasteiger partial charge in [-0.1, -0.05) is 12.1 Å². The van der Waals surface area contributed by atoms with Crippen LogP contribution in [0.5, 0.6) is 0 Å². The van der Waals surface area contributed by atoms with Crippen LogP contribution in [0.3, 0.4) is 0 Å². The molecule has 0 atom stereocenters. The predicted octanol–water partition coefficient (Wildman–Crippen LogP) is 5.22. The maximum Gasteiger partial charge on any atom is 0.419 e. The molecule has 2 heterocycles. The number of carbonyl (C=O) groups excluding carboxylic acids is 1. The highest BCUT2D eigenvalue weighted by Gasteiger charge is 2.34. The van der Waals surface area contributed by atoms with E-state index in [1.54, 1.807) is 24.5 Å². The normalized spacial score (nSPS) is 12.1. The number of carbonyl (C=O) groups is 1. The number of nitrogens with one attached hydrogen (secondary N) is 1. The molecular formula is C22H14F4N2O3S2. The molecule has 0 aliphatic rings. The summed E-state index contributed by atoms with van der Waals surface area (Å²) in [6.07, 6.45) is -1.63. The lowest BCUT2D eigenvalue weighted by Crippen LogP contribution is -2.21. The molecule has 0 aliphatic carbocycles. The average molecular weight is 494 g/mol. The fourth-order valence-corrected chi connectivity index (χ4v) is 5.30. The van der Waals surface area contributed by atoms with E-state index in [0.29, 0.717) is 22.6 Å². The summed E-state index contributed by atoms with van der Waals surface area (Å²) >= 11 is 1.29. The van der Waals surface area contributed by atoms with E-state index in [1.807, 2.05) is 0 Å². The van der Waals surface area contributed by atoms with Gasteiger partial charge in [0, 0.05) is 18.9 Å². The number of alkyl halides is 3. The molecule has 33 heavy (non-hydrogen) atoms. The lowest BCUT2D eigenvalue weighted by molar-refractivity contribution is -0.140. The Morgan fingerprint density at radius 2 is 1.70 bits per heavy atom. The molecule has 2 aromatic heterocycles. The van der Waals surface area contributed by atoms with E-state index < -0.39 is 32.3 Å². The number of hydrogen-bond acceptors (Lipinski definition) is 5. The summed E-state index contributed by atoms with van der Waals surface area (Å²) in [7, 11) is -4.23. The number of fused-ring (bicyclic) bond motifs is 1. The number of rotatable bonds is 5. The van der Waals surface area contributed by atoms with Gasteiger partial charge in [0.05, 0.1) is 24.9 Å². The van der Waals surface area contributed by atoms with Crippen molar-refractivity contribution in [3.63, 3.8) is 0 Å². The highest BCUT2D eigenvalue weighted by molar-refractivity contribution is 7.91. The Morgan fingerprint density at radius 3 is 2.33 bits per heavy atom. The minimum atomic E-state index is -4.93. The van der Waals surface area contributed by atoms with E-state index in [2.05, 4.69) is 10.3 Å². The van der Waals surface area contributed by atoms with Crippen molar-refractivity contribution in [1.29, 1.82) is 0 Å². The van der Waals surface area contributed by atoms with E-state index in [1.165, 1.54) is 35.6 Å². The van der Waals surface area contributed by atoms with Crippen LogP contribution in [0.25, 0.3) is 10.1 Å². The summed E-state index contributed by atoms with van der Waals surface area (Å²) in [6, 6.07) is 10.4. The maximum absolute atomic E-state index is 13.8. The lowest BCUT2D eigenvalue weighted by atomic mass is 10.2. The zero-order valence-corrected chi connectivity index (χ0v) is 18.2. The summed E-state index contributed by atoms with van der Waals surface area (Å²) in [4.78, 5) is 16.1. The number of benzene rings is 2. The van der Waals surface area contributed by atoms with E-state index >= 15 is 0 Å². The Bertz CT molecular complexity index is 1410. The summed E-state index contributed by atoms with van der Waals surface area (Å²) < 4.78 is 78.2. The fraction of sp³-hybridized carbons (Fsp3) is 0.0909. The SMILES string of the molecule is O=C(NCc1ccc(S(=O)(=O)c2ccc(C(F)(F)F)c(F)c2)cc1)c1cc2ccncc2s1. The molecule has 4 rings (SSSR count). The molecule has 0 saturated heterocycles. The Morgan fingerprint density at radius 1 is 1.00 bits per heavy atom. The third-order valence-corrected chi connectivity index (χ3v) is 7.64. The first-order valence-corrected chi connectivity index (χ1v) is 11.7. The van der Waals surface area contributed by atoms with Gasteiger partial charge in [0.25, 0.3) is 5.91 Å². The van der Waals surface area contributed by atoms with Gasteiger partial charge in [-0.15, -0.1) is 11.3 Å². The van der Waals surface area contributed by atoms with Gasteiger partial charge in [0.15, 0.2) is 0 Å². The smallest absolute Gasteiger partial charge is 0.347 e. The Balaban J connectivity index is 1.47. The maximum atomic E-state index is 13.8.